The third kappa shape index (κ3) is 3.40. The fraction of sp³-hybridized carbons (Fsp3) is 0.259. The highest BCUT2D eigenvalue weighted by molar-refractivity contribution is 5.90. The summed E-state index contributed by atoms with van der Waals surface area (Å²) >= 11 is 0. The second-order valence-corrected chi connectivity index (χ2v) is 8.35. The molecule has 0 aliphatic heterocycles. The molecule has 30 heavy (non-hydrogen) atoms. The van der Waals surface area contributed by atoms with E-state index in [1.54, 1.807) is 7.11 Å². The molecule has 0 saturated heterocycles. The molecule has 0 radical (unpaired) electrons. The number of hydrogen-bond donors (Lipinski definition) is 1. The molecule has 0 fully saturated rings. The Morgan fingerprint density at radius 1 is 0.967 bits per heavy atom. The number of hydrogen-bond acceptors (Lipinski definition) is 2. The van der Waals surface area contributed by atoms with E-state index in [2.05, 4.69) is 66.1 Å². The fourth-order valence-corrected chi connectivity index (χ4v) is 4.65. The first kappa shape index (κ1) is 19.0. The fourth-order valence-electron chi connectivity index (χ4n) is 4.65. The van der Waals surface area contributed by atoms with Crippen LogP contribution in [0.2, 0.25) is 0 Å². The van der Waals surface area contributed by atoms with Crippen molar-refractivity contribution in [2.45, 2.75) is 38.8 Å². The molecule has 3 aromatic carbocycles. The quantitative estimate of drug-likeness (QED) is 0.492. The molecule has 3 heteroatoms. The highest BCUT2D eigenvalue weighted by atomic mass is 16.5. The van der Waals surface area contributed by atoms with Crippen LogP contribution in [0.4, 0.5) is 0 Å². The van der Waals surface area contributed by atoms with Gasteiger partial charge in [0.1, 0.15) is 5.75 Å². The lowest BCUT2D eigenvalue weighted by Gasteiger charge is -2.20. The van der Waals surface area contributed by atoms with Crippen LogP contribution in [0.5, 0.6) is 5.75 Å². The number of aromatic nitrogens is 1. The maximum Gasteiger partial charge on any atom is 0.118 e. The van der Waals surface area contributed by atoms with Crippen molar-refractivity contribution in [2.75, 3.05) is 7.11 Å². The molecule has 5 rings (SSSR count). The Hall–Kier alpha value is -3.04. The Morgan fingerprint density at radius 2 is 1.70 bits per heavy atom. The second-order valence-electron chi connectivity index (χ2n) is 8.35. The van der Waals surface area contributed by atoms with Crippen molar-refractivity contribution in [2.24, 2.45) is 0 Å². The average molecular weight is 398 g/mol. The van der Waals surface area contributed by atoms with Crippen LogP contribution in [0, 0.1) is 6.92 Å². The molecule has 1 atom stereocenters. The van der Waals surface area contributed by atoms with E-state index in [-0.39, 0.29) is 6.10 Å². The molecule has 1 N–H and O–H groups in total. The number of aryl methyl sites for hydroxylation is 1. The van der Waals surface area contributed by atoms with Gasteiger partial charge in [0.2, 0.25) is 0 Å². The highest BCUT2D eigenvalue weighted by Crippen LogP contribution is 2.36. The van der Waals surface area contributed by atoms with Crippen molar-refractivity contribution >= 4 is 10.9 Å². The molecule has 1 heterocycles. The van der Waals surface area contributed by atoms with E-state index in [4.69, 9.17) is 4.74 Å². The minimum atomic E-state index is -0.249. The van der Waals surface area contributed by atoms with E-state index in [0.29, 0.717) is 0 Å². The Labute approximate surface area is 177 Å². The highest BCUT2D eigenvalue weighted by Gasteiger charge is 2.24. The smallest absolute Gasteiger partial charge is 0.118 e. The number of rotatable bonds is 4. The van der Waals surface area contributed by atoms with Crippen LogP contribution in [0.15, 0.2) is 66.7 Å². The van der Waals surface area contributed by atoms with Crippen LogP contribution >= 0.6 is 0 Å². The summed E-state index contributed by atoms with van der Waals surface area (Å²) in [5.41, 5.74) is 8.91. The zero-order valence-electron chi connectivity index (χ0n) is 17.6. The predicted octanol–water partition coefficient (Wildman–Crippen LogP) is 5.52. The van der Waals surface area contributed by atoms with Crippen LogP contribution in [0.3, 0.4) is 0 Å². The first-order chi connectivity index (χ1) is 14.6. The topological polar surface area (TPSA) is 34.4 Å². The molecule has 152 valence electrons. The first-order valence-electron chi connectivity index (χ1n) is 10.6. The minimum Gasteiger partial charge on any atom is -0.497 e. The molecule has 1 aliphatic carbocycles. The molecular formula is C27H27NO2. The van der Waals surface area contributed by atoms with Crippen LogP contribution in [0.25, 0.3) is 22.0 Å². The molecule has 0 bridgehead atoms. The number of aliphatic hydroxyl groups is 1. The molecule has 3 nitrogen and oxygen atoms in total. The molecule has 1 aromatic heterocycles. The number of benzene rings is 3. The number of fused-ring (bicyclic) bond motifs is 3. The Bertz CT molecular complexity index is 1190. The summed E-state index contributed by atoms with van der Waals surface area (Å²) in [5.74, 6) is 0.865. The summed E-state index contributed by atoms with van der Waals surface area (Å²) < 4.78 is 7.75. The van der Waals surface area contributed by atoms with Gasteiger partial charge in [0.25, 0.3) is 0 Å². The third-order valence-corrected chi connectivity index (χ3v) is 6.33. The van der Waals surface area contributed by atoms with E-state index in [9.17, 15) is 5.11 Å². The van der Waals surface area contributed by atoms with E-state index >= 15 is 0 Å². The normalized spacial score (nSPS) is 15.9. The molecule has 1 aliphatic rings. The number of nitrogens with zero attached hydrogens (tertiary/aromatic N) is 1. The van der Waals surface area contributed by atoms with Gasteiger partial charge in [-0.05, 0) is 66.3 Å². The summed E-state index contributed by atoms with van der Waals surface area (Å²) in [6.45, 7) is 2.99. The molecule has 0 saturated carbocycles. The lowest BCUT2D eigenvalue weighted by molar-refractivity contribution is 0.158. The van der Waals surface area contributed by atoms with Gasteiger partial charge in [-0.25, -0.2) is 0 Å². The lowest BCUT2D eigenvalue weighted by atomic mass is 9.92. The van der Waals surface area contributed by atoms with Crippen LogP contribution < -0.4 is 4.74 Å². The zero-order chi connectivity index (χ0) is 20.7. The van der Waals surface area contributed by atoms with Crippen molar-refractivity contribution in [3.63, 3.8) is 0 Å². The summed E-state index contributed by atoms with van der Waals surface area (Å²) in [7, 11) is 1.69. The lowest BCUT2D eigenvalue weighted by Crippen LogP contribution is -2.20. The predicted molar refractivity (Wildman–Crippen MR) is 122 cm³/mol. The standard InChI is InChI=1S/C27H27NO2/c1-18-3-5-19(6-4-18)17-28-26-13-9-21(20-7-11-23(30-2)12-8-20)15-24(26)25-16-22(29)10-14-27(25)28/h3-9,11-13,15,22,29H,10,14,16-17H2,1-2H3. The van der Waals surface area contributed by atoms with Crippen molar-refractivity contribution in [1.29, 1.82) is 0 Å². The Kier molecular flexibility index (Phi) is 4.84. The molecular weight excluding hydrogens is 370 g/mol. The van der Waals surface area contributed by atoms with Gasteiger partial charge in [-0.15, -0.1) is 0 Å². The minimum absolute atomic E-state index is 0.249. The Balaban J connectivity index is 1.62. The van der Waals surface area contributed by atoms with E-state index < -0.39 is 0 Å². The van der Waals surface area contributed by atoms with E-state index in [1.165, 1.54) is 44.4 Å². The summed E-state index contributed by atoms with van der Waals surface area (Å²) in [6.07, 6.45) is 2.25. The van der Waals surface area contributed by atoms with Gasteiger partial charge in [0.15, 0.2) is 0 Å². The first-order valence-corrected chi connectivity index (χ1v) is 10.6. The summed E-state index contributed by atoms with van der Waals surface area (Å²) in [5, 5.41) is 11.6. The summed E-state index contributed by atoms with van der Waals surface area (Å²) in [4.78, 5) is 0. The van der Waals surface area contributed by atoms with Gasteiger partial charge in [-0.2, -0.15) is 0 Å². The van der Waals surface area contributed by atoms with E-state index in [1.807, 2.05) is 12.1 Å². The van der Waals surface area contributed by atoms with Crippen molar-refractivity contribution in [1.82, 2.24) is 4.57 Å². The molecule has 0 spiro atoms. The monoisotopic (exact) mass is 397 g/mol. The number of ether oxygens (including phenoxy) is 1. The largest absolute Gasteiger partial charge is 0.497 e. The second kappa shape index (κ2) is 7.66. The maximum absolute atomic E-state index is 10.4. The van der Waals surface area contributed by atoms with Gasteiger partial charge in [0.05, 0.1) is 13.2 Å². The number of methoxy groups -OCH3 is 1. The molecule has 4 aromatic rings. The van der Waals surface area contributed by atoms with Gasteiger partial charge in [-0.3, -0.25) is 0 Å². The van der Waals surface area contributed by atoms with Gasteiger partial charge in [-0.1, -0.05) is 48.0 Å². The average Bonchev–Trinajstić information content (AvgIpc) is 3.07. The summed E-state index contributed by atoms with van der Waals surface area (Å²) in [6, 6.07) is 23.7. The molecule has 0 amide bonds. The van der Waals surface area contributed by atoms with Crippen LogP contribution in [0.1, 0.15) is 28.8 Å². The molecule has 1 unspecified atom stereocenters. The van der Waals surface area contributed by atoms with E-state index in [0.717, 1.165) is 31.6 Å². The van der Waals surface area contributed by atoms with Crippen molar-refractivity contribution < 1.29 is 9.84 Å². The van der Waals surface area contributed by atoms with Crippen molar-refractivity contribution in [3.8, 4) is 16.9 Å². The Morgan fingerprint density at radius 3 is 2.43 bits per heavy atom. The number of aliphatic hydroxyl groups excluding tert-OH is 1. The van der Waals surface area contributed by atoms with Gasteiger partial charge in [0, 0.05) is 29.6 Å². The van der Waals surface area contributed by atoms with Gasteiger partial charge >= 0.3 is 0 Å². The van der Waals surface area contributed by atoms with Gasteiger partial charge < -0.3 is 14.4 Å². The zero-order valence-corrected chi connectivity index (χ0v) is 17.6. The van der Waals surface area contributed by atoms with Crippen molar-refractivity contribution in [3.05, 3.63) is 89.1 Å². The SMILES string of the molecule is COc1ccc(-c2ccc3c(c2)c2c(n3Cc3ccc(C)cc3)CCC(O)C2)cc1. The maximum atomic E-state index is 10.4. The van der Waals surface area contributed by atoms with Crippen LogP contribution in [-0.4, -0.2) is 22.9 Å². The van der Waals surface area contributed by atoms with Crippen LogP contribution in [-0.2, 0) is 19.4 Å². The third-order valence-electron chi connectivity index (χ3n) is 6.33.